The normalized spacial score (nSPS) is 14.2. The second-order valence-electron chi connectivity index (χ2n) is 7.98. The Morgan fingerprint density at radius 2 is 1.77 bits per heavy atom. The summed E-state index contributed by atoms with van der Waals surface area (Å²) in [5.74, 6) is 0.728. The lowest BCUT2D eigenvalue weighted by Gasteiger charge is -2.16. The van der Waals surface area contributed by atoms with Crippen LogP contribution in [0.25, 0.3) is 6.08 Å². The molecule has 0 bridgehead atoms. The van der Waals surface area contributed by atoms with Crippen molar-refractivity contribution in [2.45, 2.75) is 19.6 Å². The van der Waals surface area contributed by atoms with Gasteiger partial charge in [0.2, 0.25) is 0 Å². The van der Waals surface area contributed by atoms with Gasteiger partial charge in [0, 0.05) is 10.6 Å². The van der Waals surface area contributed by atoms with E-state index in [0.29, 0.717) is 35.1 Å². The van der Waals surface area contributed by atoms with Crippen LogP contribution in [0.5, 0.6) is 11.5 Å². The van der Waals surface area contributed by atoms with Crippen LogP contribution in [0.4, 0.5) is 4.79 Å². The van der Waals surface area contributed by atoms with E-state index in [-0.39, 0.29) is 18.1 Å². The molecule has 0 aromatic heterocycles. The molecule has 1 saturated heterocycles. The molecule has 0 unspecified atom stereocenters. The van der Waals surface area contributed by atoms with Gasteiger partial charge in [0.15, 0.2) is 11.5 Å². The molecule has 0 atom stereocenters. The first-order valence-corrected chi connectivity index (χ1v) is 11.4. The van der Waals surface area contributed by atoms with E-state index in [1.165, 1.54) is 4.90 Å². The van der Waals surface area contributed by atoms with Gasteiger partial charge in [-0.25, -0.2) is 4.79 Å². The number of benzene rings is 3. The number of hydrogen-bond acceptors (Lipinski definition) is 4. The van der Waals surface area contributed by atoms with Crippen molar-refractivity contribution < 1.29 is 19.1 Å². The number of nitrogens with zero attached hydrogens (tertiary/aromatic N) is 1. The summed E-state index contributed by atoms with van der Waals surface area (Å²) in [6.07, 6.45) is 3.94. The number of rotatable bonds is 9. The van der Waals surface area contributed by atoms with E-state index >= 15 is 0 Å². The van der Waals surface area contributed by atoms with Crippen LogP contribution >= 0.6 is 11.6 Å². The van der Waals surface area contributed by atoms with E-state index in [4.69, 9.17) is 21.1 Å². The number of carbonyl (C=O) groups excluding carboxylic acids is 2. The third-order valence-corrected chi connectivity index (χ3v) is 5.74. The number of urea groups is 1. The fourth-order valence-corrected chi connectivity index (χ4v) is 3.90. The van der Waals surface area contributed by atoms with Crippen molar-refractivity contribution in [2.75, 3.05) is 7.11 Å². The van der Waals surface area contributed by atoms with Crippen molar-refractivity contribution in [3.63, 3.8) is 0 Å². The topological polar surface area (TPSA) is 67.9 Å². The highest BCUT2D eigenvalue weighted by Crippen LogP contribution is 2.35. The molecule has 1 aliphatic rings. The lowest BCUT2D eigenvalue weighted by atomic mass is 10.0. The van der Waals surface area contributed by atoms with E-state index in [2.05, 4.69) is 11.9 Å². The van der Waals surface area contributed by atoms with E-state index < -0.39 is 6.03 Å². The van der Waals surface area contributed by atoms with E-state index in [1.807, 2.05) is 60.7 Å². The number of amides is 3. The zero-order valence-electron chi connectivity index (χ0n) is 19.3. The number of halogens is 1. The second-order valence-corrected chi connectivity index (χ2v) is 8.42. The van der Waals surface area contributed by atoms with Crippen LogP contribution in [-0.2, 0) is 24.4 Å². The highest BCUT2D eigenvalue weighted by Gasteiger charge is 2.33. The van der Waals surface area contributed by atoms with Crippen molar-refractivity contribution in [3.8, 4) is 11.5 Å². The van der Waals surface area contributed by atoms with Gasteiger partial charge in [-0.15, -0.1) is 6.58 Å². The van der Waals surface area contributed by atoms with E-state index in [1.54, 1.807) is 25.3 Å². The number of carbonyl (C=O) groups is 2. The molecule has 1 N–H and O–H groups in total. The summed E-state index contributed by atoms with van der Waals surface area (Å²) >= 11 is 5.97. The largest absolute Gasteiger partial charge is 0.493 e. The maximum Gasteiger partial charge on any atom is 0.329 e. The molecule has 1 aliphatic heterocycles. The quantitative estimate of drug-likeness (QED) is 0.236. The van der Waals surface area contributed by atoms with Gasteiger partial charge >= 0.3 is 6.03 Å². The van der Waals surface area contributed by atoms with Crippen molar-refractivity contribution in [1.29, 1.82) is 0 Å². The molecule has 7 heteroatoms. The number of ether oxygens (including phenoxy) is 2. The van der Waals surface area contributed by atoms with Gasteiger partial charge in [0.1, 0.15) is 12.3 Å². The molecule has 6 nitrogen and oxygen atoms in total. The molecule has 0 saturated carbocycles. The average molecular weight is 489 g/mol. The molecular formula is C28H25ClN2O4. The lowest BCUT2D eigenvalue weighted by molar-refractivity contribution is -0.123. The number of imide groups is 1. The molecule has 0 spiro atoms. The predicted molar refractivity (Wildman–Crippen MR) is 136 cm³/mol. The SMILES string of the molecule is C=CCc1cc(/C=C2/NC(=O)N(Cc3ccccc3)C2=O)cc(OC)c1OCc1ccc(Cl)cc1. The average Bonchev–Trinajstić information content (AvgIpc) is 3.12. The number of hydrogen-bond donors (Lipinski definition) is 1. The predicted octanol–water partition coefficient (Wildman–Crippen LogP) is 5.75. The summed E-state index contributed by atoms with van der Waals surface area (Å²) < 4.78 is 11.7. The molecule has 0 aliphatic carbocycles. The first kappa shape index (κ1) is 24.1. The Morgan fingerprint density at radius 3 is 2.46 bits per heavy atom. The summed E-state index contributed by atoms with van der Waals surface area (Å²) in [5.41, 5.74) is 3.58. The summed E-state index contributed by atoms with van der Waals surface area (Å²) in [4.78, 5) is 26.6. The van der Waals surface area contributed by atoms with Gasteiger partial charge in [-0.05, 0) is 53.5 Å². The van der Waals surface area contributed by atoms with Gasteiger partial charge in [0.05, 0.1) is 13.7 Å². The summed E-state index contributed by atoms with van der Waals surface area (Å²) in [7, 11) is 1.56. The molecule has 1 heterocycles. The highest BCUT2D eigenvalue weighted by atomic mass is 35.5. The monoisotopic (exact) mass is 488 g/mol. The zero-order valence-corrected chi connectivity index (χ0v) is 20.0. The third-order valence-electron chi connectivity index (χ3n) is 5.49. The minimum atomic E-state index is -0.452. The molecule has 1 fully saturated rings. The summed E-state index contributed by atoms with van der Waals surface area (Å²) in [6.45, 7) is 4.38. The number of allylic oxidation sites excluding steroid dienone is 1. The van der Waals surface area contributed by atoms with E-state index in [0.717, 1.165) is 16.7 Å². The van der Waals surface area contributed by atoms with Gasteiger partial charge in [-0.3, -0.25) is 9.69 Å². The Labute approximate surface area is 209 Å². The Hall–Kier alpha value is -4.03. The third kappa shape index (κ3) is 5.73. The van der Waals surface area contributed by atoms with E-state index in [9.17, 15) is 9.59 Å². The molecule has 35 heavy (non-hydrogen) atoms. The molecular weight excluding hydrogens is 464 g/mol. The van der Waals surface area contributed by atoms with Crippen LogP contribution in [0, 0.1) is 0 Å². The van der Waals surface area contributed by atoms with Crippen molar-refractivity contribution in [2.24, 2.45) is 0 Å². The number of methoxy groups -OCH3 is 1. The number of nitrogens with one attached hydrogen (secondary N) is 1. The van der Waals surface area contributed by atoms with Crippen LogP contribution in [0.2, 0.25) is 5.02 Å². The summed E-state index contributed by atoms with van der Waals surface area (Å²) in [6, 6.07) is 20.0. The van der Waals surface area contributed by atoms with Gasteiger partial charge in [-0.1, -0.05) is 60.1 Å². The second kappa shape index (κ2) is 10.9. The maximum atomic E-state index is 12.9. The van der Waals surface area contributed by atoms with Gasteiger partial charge in [-0.2, -0.15) is 0 Å². The maximum absolute atomic E-state index is 12.9. The standard InChI is InChI=1S/C28H25ClN2O4/c1-3-7-22-14-21(16-25(34-2)26(22)35-18-20-10-12-23(29)13-11-20)15-24-27(32)31(28(33)30-24)17-19-8-5-4-6-9-19/h3-6,8-16H,1,7,17-18H2,2H3,(H,30,33)/b24-15+. The molecule has 4 rings (SSSR count). The first-order chi connectivity index (χ1) is 17.0. The molecule has 3 aromatic carbocycles. The van der Waals surface area contributed by atoms with Crippen molar-refractivity contribution in [3.05, 3.63) is 112 Å². The summed E-state index contributed by atoms with van der Waals surface area (Å²) in [5, 5.41) is 3.33. The van der Waals surface area contributed by atoms with Crippen molar-refractivity contribution >= 4 is 29.6 Å². The lowest BCUT2D eigenvalue weighted by Crippen LogP contribution is -2.30. The minimum Gasteiger partial charge on any atom is -0.493 e. The van der Waals surface area contributed by atoms with Crippen LogP contribution in [-0.4, -0.2) is 23.9 Å². The van der Waals surface area contributed by atoms with Gasteiger partial charge < -0.3 is 14.8 Å². The minimum absolute atomic E-state index is 0.200. The molecule has 3 amide bonds. The van der Waals surface area contributed by atoms with Crippen LogP contribution < -0.4 is 14.8 Å². The first-order valence-electron chi connectivity index (χ1n) is 11.1. The van der Waals surface area contributed by atoms with Crippen LogP contribution in [0.3, 0.4) is 0 Å². The molecule has 3 aromatic rings. The Balaban J connectivity index is 1.59. The van der Waals surface area contributed by atoms with Crippen LogP contribution in [0.1, 0.15) is 22.3 Å². The molecule has 178 valence electrons. The smallest absolute Gasteiger partial charge is 0.329 e. The fraction of sp³-hybridized carbons (Fsp3) is 0.143. The zero-order chi connectivity index (χ0) is 24.8. The fourth-order valence-electron chi connectivity index (χ4n) is 3.77. The highest BCUT2D eigenvalue weighted by molar-refractivity contribution is 6.30. The Kier molecular flexibility index (Phi) is 7.53. The Bertz CT molecular complexity index is 1270. The van der Waals surface area contributed by atoms with Gasteiger partial charge in [0.25, 0.3) is 5.91 Å². The van der Waals surface area contributed by atoms with Crippen molar-refractivity contribution in [1.82, 2.24) is 10.2 Å². The molecule has 0 radical (unpaired) electrons. The Morgan fingerprint density at radius 1 is 1.03 bits per heavy atom. The van der Waals surface area contributed by atoms with Crippen LogP contribution in [0.15, 0.2) is 85.1 Å².